The van der Waals surface area contributed by atoms with Crippen LogP contribution in [0, 0.1) is 0 Å². The molecule has 3 amide bonds. The van der Waals surface area contributed by atoms with Crippen molar-refractivity contribution >= 4 is 12.1 Å². The molecule has 0 unspecified atom stereocenters. The predicted molar refractivity (Wildman–Crippen MR) is 88.1 cm³/mol. The molecule has 2 N–H and O–H groups in total. The Balaban J connectivity index is 2.30. The molecule has 1 rings (SSSR count). The number of nitrogens with zero attached hydrogens (tertiary/aromatic N) is 2. The maximum absolute atomic E-state index is 11.8. The van der Waals surface area contributed by atoms with Crippen molar-refractivity contribution < 1.29 is 14.3 Å². The van der Waals surface area contributed by atoms with E-state index in [9.17, 15) is 9.59 Å². The van der Waals surface area contributed by atoms with E-state index < -0.39 is 11.7 Å². The SMILES string of the molecule is C[C@H](NC(=O)NCCN(C)C(=O)OC(C)(C)C)c1cccnc1. The first-order chi connectivity index (χ1) is 10.7. The van der Waals surface area contributed by atoms with Crippen molar-refractivity contribution in [2.75, 3.05) is 20.1 Å². The van der Waals surface area contributed by atoms with Gasteiger partial charge in [0.1, 0.15) is 5.60 Å². The Hall–Kier alpha value is -2.31. The van der Waals surface area contributed by atoms with Gasteiger partial charge in [-0.15, -0.1) is 0 Å². The minimum absolute atomic E-state index is 0.146. The van der Waals surface area contributed by atoms with E-state index in [4.69, 9.17) is 4.74 Å². The molecule has 0 aromatic carbocycles. The van der Waals surface area contributed by atoms with Crippen molar-refractivity contribution in [3.8, 4) is 0 Å². The van der Waals surface area contributed by atoms with Crippen LogP contribution in [-0.4, -0.2) is 47.7 Å². The lowest BCUT2D eigenvalue weighted by Gasteiger charge is -2.24. The summed E-state index contributed by atoms with van der Waals surface area (Å²) in [6, 6.07) is 3.28. The molecule has 0 saturated carbocycles. The number of amides is 3. The number of carbonyl (C=O) groups is 2. The van der Waals surface area contributed by atoms with Gasteiger partial charge in [-0.2, -0.15) is 0 Å². The van der Waals surface area contributed by atoms with E-state index in [1.54, 1.807) is 19.4 Å². The molecule has 0 aliphatic carbocycles. The molecule has 7 nitrogen and oxygen atoms in total. The number of pyridine rings is 1. The number of nitrogens with one attached hydrogen (secondary N) is 2. The second-order valence-electron chi connectivity index (χ2n) is 6.31. The predicted octanol–water partition coefficient (Wildman–Crippen LogP) is 2.31. The number of urea groups is 1. The summed E-state index contributed by atoms with van der Waals surface area (Å²) in [4.78, 5) is 29.0. The molecule has 0 bridgehead atoms. The van der Waals surface area contributed by atoms with Crippen LogP contribution in [0.1, 0.15) is 39.3 Å². The molecule has 0 radical (unpaired) electrons. The maximum Gasteiger partial charge on any atom is 0.410 e. The van der Waals surface area contributed by atoms with E-state index in [0.29, 0.717) is 13.1 Å². The van der Waals surface area contributed by atoms with Gasteiger partial charge in [0.2, 0.25) is 0 Å². The van der Waals surface area contributed by atoms with Gasteiger partial charge in [-0.25, -0.2) is 9.59 Å². The summed E-state index contributed by atoms with van der Waals surface area (Å²) >= 11 is 0. The lowest BCUT2D eigenvalue weighted by atomic mass is 10.1. The van der Waals surface area contributed by atoms with Gasteiger partial charge in [-0.3, -0.25) is 4.98 Å². The molecule has 7 heteroatoms. The van der Waals surface area contributed by atoms with Crippen LogP contribution >= 0.6 is 0 Å². The standard InChI is InChI=1S/C16H26N4O3/c1-12(13-7-6-8-17-11-13)19-14(21)18-9-10-20(5)15(22)23-16(2,3)4/h6-8,11-12H,9-10H2,1-5H3,(H2,18,19,21)/t12-/m0/s1. The summed E-state index contributed by atoms with van der Waals surface area (Å²) in [5.74, 6) is 0. The van der Waals surface area contributed by atoms with Crippen LogP contribution in [0.4, 0.5) is 9.59 Å². The highest BCUT2D eigenvalue weighted by Crippen LogP contribution is 2.09. The third kappa shape index (κ3) is 7.49. The quantitative estimate of drug-likeness (QED) is 0.871. The first-order valence-electron chi connectivity index (χ1n) is 7.57. The molecule has 0 aliphatic heterocycles. The molecule has 1 heterocycles. The highest BCUT2D eigenvalue weighted by Gasteiger charge is 2.19. The van der Waals surface area contributed by atoms with Gasteiger partial charge >= 0.3 is 12.1 Å². The third-order valence-electron chi connectivity index (χ3n) is 2.97. The first kappa shape index (κ1) is 18.7. The number of carbonyl (C=O) groups excluding carboxylic acids is 2. The Morgan fingerprint density at radius 3 is 2.65 bits per heavy atom. The molecule has 0 fully saturated rings. The zero-order valence-electron chi connectivity index (χ0n) is 14.4. The summed E-state index contributed by atoms with van der Waals surface area (Å²) < 4.78 is 5.23. The first-order valence-corrected chi connectivity index (χ1v) is 7.57. The number of likely N-dealkylation sites (N-methyl/N-ethyl adjacent to an activating group) is 1. The molecular weight excluding hydrogens is 296 g/mol. The van der Waals surface area contributed by atoms with Crippen LogP contribution in [-0.2, 0) is 4.74 Å². The van der Waals surface area contributed by atoms with Gasteiger partial charge in [0.25, 0.3) is 0 Å². The zero-order chi connectivity index (χ0) is 17.5. The largest absolute Gasteiger partial charge is 0.444 e. The monoisotopic (exact) mass is 322 g/mol. The average Bonchev–Trinajstić information content (AvgIpc) is 2.46. The molecule has 0 aliphatic rings. The number of ether oxygens (including phenoxy) is 1. The summed E-state index contributed by atoms with van der Waals surface area (Å²) in [6.45, 7) is 8.01. The van der Waals surface area contributed by atoms with Gasteiger partial charge < -0.3 is 20.3 Å². The maximum atomic E-state index is 11.8. The summed E-state index contributed by atoms with van der Waals surface area (Å²) in [7, 11) is 1.63. The number of rotatable bonds is 5. The van der Waals surface area contributed by atoms with Gasteiger partial charge in [0.15, 0.2) is 0 Å². The van der Waals surface area contributed by atoms with Gasteiger partial charge in [-0.05, 0) is 39.3 Å². The minimum atomic E-state index is -0.532. The van der Waals surface area contributed by atoms with Crippen molar-refractivity contribution in [3.63, 3.8) is 0 Å². The number of hydrogen-bond acceptors (Lipinski definition) is 4. The van der Waals surface area contributed by atoms with E-state index >= 15 is 0 Å². The average molecular weight is 322 g/mol. The molecule has 23 heavy (non-hydrogen) atoms. The highest BCUT2D eigenvalue weighted by atomic mass is 16.6. The molecular formula is C16H26N4O3. The van der Waals surface area contributed by atoms with Crippen molar-refractivity contribution in [1.82, 2.24) is 20.5 Å². The van der Waals surface area contributed by atoms with Crippen LogP contribution in [0.3, 0.4) is 0 Å². The molecule has 1 atom stereocenters. The fraction of sp³-hybridized carbons (Fsp3) is 0.562. The summed E-state index contributed by atoms with van der Waals surface area (Å²) in [6.07, 6.45) is 2.98. The lowest BCUT2D eigenvalue weighted by Crippen LogP contribution is -2.42. The smallest absolute Gasteiger partial charge is 0.410 e. The van der Waals surface area contributed by atoms with E-state index in [-0.39, 0.29) is 12.1 Å². The highest BCUT2D eigenvalue weighted by molar-refractivity contribution is 5.74. The van der Waals surface area contributed by atoms with Crippen LogP contribution in [0.2, 0.25) is 0 Å². The zero-order valence-corrected chi connectivity index (χ0v) is 14.4. The minimum Gasteiger partial charge on any atom is -0.444 e. The van der Waals surface area contributed by atoms with Crippen molar-refractivity contribution in [2.24, 2.45) is 0 Å². The Bertz CT molecular complexity index is 514. The summed E-state index contributed by atoms with van der Waals surface area (Å²) in [5.41, 5.74) is 0.392. The Labute approximate surface area is 137 Å². The van der Waals surface area contributed by atoms with E-state index in [1.165, 1.54) is 4.90 Å². The number of aromatic nitrogens is 1. The van der Waals surface area contributed by atoms with E-state index in [1.807, 2.05) is 39.8 Å². The Morgan fingerprint density at radius 1 is 1.39 bits per heavy atom. The van der Waals surface area contributed by atoms with Gasteiger partial charge in [0.05, 0.1) is 6.04 Å². The lowest BCUT2D eigenvalue weighted by molar-refractivity contribution is 0.0301. The summed E-state index contributed by atoms with van der Waals surface area (Å²) in [5, 5.41) is 5.52. The van der Waals surface area contributed by atoms with Crippen LogP contribution < -0.4 is 10.6 Å². The van der Waals surface area contributed by atoms with Gasteiger partial charge in [-0.1, -0.05) is 6.07 Å². The fourth-order valence-corrected chi connectivity index (χ4v) is 1.73. The molecule has 1 aromatic rings. The topological polar surface area (TPSA) is 83.6 Å². The van der Waals surface area contributed by atoms with Crippen LogP contribution in [0.25, 0.3) is 0 Å². The Morgan fingerprint density at radius 2 is 2.09 bits per heavy atom. The molecule has 128 valence electrons. The number of hydrogen-bond donors (Lipinski definition) is 2. The van der Waals surface area contributed by atoms with Crippen molar-refractivity contribution in [3.05, 3.63) is 30.1 Å². The molecule has 0 spiro atoms. The Kier molecular flexibility index (Phi) is 6.81. The van der Waals surface area contributed by atoms with Gasteiger partial charge in [0, 0.05) is 32.5 Å². The normalized spacial score (nSPS) is 12.2. The van der Waals surface area contributed by atoms with E-state index in [0.717, 1.165) is 5.56 Å². The molecule has 1 aromatic heterocycles. The van der Waals surface area contributed by atoms with Crippen molar-refractivity contribution in [2.45, 2.75) is 39.3 Å². The fourth-order valence-electron chi connectivity index (χ4n) is 1.73. The van der Waals surface area contributed by atoms with Crippen molar-refractivity contribution in [1.29, 1.82) is 0 Å². The van der Waals surface area contributed by atoms with Crippen LogP contribution in [0.5, 0.6) is 0 Å². The van der Waals surface area contributed by atoms with E-state index in [2.05, 4.69) is 15.6 Å². The van der Waals surface area contributed by atoms with Crippen LogP contribution in [0.15, 0.2) is 24.5 Å². The second kappa shape index (κ2) is 8.36. The molecule has 0 saturated heterocycles. The second-order valence-corrected chi connectivity index (χ2v) is 6.31. The third-order valence-corrected chi connectivity index (χ3v) is 2.97.